The van der Waals surface area contributed by atoms with Crippen molar-refractivity contribution < 1.29 is 4.92 Å². The van der Waals surface area contributed by atoms with E-state index in [1.165, 1.54) is 0 Å². The van der Waals surface area contributed by atoms with Crippen LogP contribution in [0.3, 0.4) is 0 Å². The molecule has 1 aromatic rings. The minimum absolute atomic E-state index is 0.137. The summed E-state index contributed by atoms with van der Waals surface area (Å²) in [4.78, 5) is 10.7. The van der Waals surface area contributed by atoms with Crippen LogP contribution in [0.1, 0.15) is 32.3 Å². The van der Waals surface area contributed by atoms with Crippen LogP contribution in [0.5, 0.6) is 0 Å². The molecule has 4 nitrogen and oxygen atoms in total. The molecule has 0 heterocycles. The highest BCUT2D eigenvalue weighted by molar-refractivity contribution is 8.00. The number of nitro benzene ring substituents is 1. The number of nitrogens with zero attached hydrogens (tertiary/aromatic N) is 1. The third-order valence-corrected chi connectivity index (χ3v) is 5.26. The molecule has 0 aliphatic rings. The van der Waals surface area contributed by atoms with E-state index in [1.54, 1.807) is 12.1 Å². The maximum Gasteiger partial charge on any atom is 0.292 e. The van der Waals surface area contributed by atoms with Crippen molar-refractivity contribution >= 4 is 23.1 Å². The molecule has 106 valence electrons. The first-order valence-electron chi connectivity index (χ1n) is 6.52. The Morgan fingerprint density at radius 3 is 2.47 bits per heavy atom. The van der Waals surface area contributed by atoms with Crippen molar-refractivity contribution in [2.75, 3.05) is 18.1 Å². The molecule has 1 aromatic carbocycles. The van der Waals surface area contributed by atoms with Gasteiger partial charge in [-0.1, -0.05) is 19.9 Å². The predicted molar refractivity (Wildman–Crippen MR) is 83.2 cm³/mol. The van der Waals surface area contributed by atoms with Crippen LogP contribution >= 0.6 is 11.8 Å². The predicted octanol–water partition coefficient (Wildman–Crippen LogP) is 4.24. The number of anilines is 1. The lowest BCUT2D eigenvalue weighted by molar-refractivity contribution is -0.384. The Balaban J connectivity index is 2.93. The smallest absolute Gasteiger partial charge is 0.292 e. The Morgan fingerprint density at radius 2 is 2.00 bits per heavy atom. The van der Waals surface area contributed by atoms with Gasteiger partial charge in [0.1, 0.15) is 5.69 Å². The minimum Gasteiger partial charge on any atom is -0.378 e. The first kappa shape index (κ1) is 15.8. The molecule has 1 rings (SSSR count). The van der Waals surface area contributed by atoms with Gasteiger partial charge in [0.2, 0.25) is 0 Å². The van der Waals surface area contributed by atoms with Crippen molar-refractivity contribution in [2.45, 2.75) is 38.4 Å². The number of thioether (sulfide) groups is 1. The molecule has 0 unspecified atom stereocenters. The van der Waals surface area contributed by atoms with Gasteiger partial charge >= 0.3 is 0 Å². The van der Waals surface area contributed by atoms with Crippen LogP contribution in [-0.2, 0) is 0 Å². The molecule has 19 heavy (non-hydrogen) atoms. The molecule has 0 spiro atoms. The van der Waals surface area contributed by atoms with E-state index >= 15 is 0 Å². The number of aryl methyl sites for hydroxylation is 1. The maximum absolute atomic E-state index is 11.0. The second-order valence-corrected chi connectivity index (χ2v) is 6.00. The molecule has 0 fully saturated rings. The van der Waals surface area contributed by atoms with Gasteiger partial charge in [-0.2, -0.15) is 11.8 Å². The molecule has 0 atom stereocenters. The number of hydrogen-bond acceptors (Lipinski definition) is 4. The van der Waals surface area contributed by atoms with E-state index in [-0.39, 0.29) is 15.4 Å². The van der Waals surface area contributed by atoms with Crippen molar-refractivity contribution in [1.29, 1.82) is 0 Å². The van der Waals surface area contributed by atoms with Crippen molar-refractivity contribution in [3.63, 3.8) is 0 Å². The van der Waals surface area contributed by atoms with Crippen LogP contribution in [0.2, 0.25) is 0 Å². The molecule has 5 heteroatoms. The Kier molecular flexibility index (Phi) is 5.66. The number of nitrogens with one attached hydrogen (secondary N) is 1. The molecule has 0 aromatic heterocycles. The van der Waals surface area contributed by atoms with Crippen molar-refractivity contribution in [3.05, 3.63) is 33.9 Å². The van der Waals surface area contributed by atoms with Crippen molar-refractivity contribution in [2.24, 2.45) is 0 Å². The lowest BCUT2D eigenvalue weighted by Crippen LogP contribution is -2.32. The number of nitro groups is 1. The van der Waals surface area contributed by atoms with Crippen LogP contribution in [0.4, 0.5) is 11.4 Å². The summed E-state index contributed by atoms with van der Waals surface area (Å²) in [6.45, 7) is 7.00. The zero-order chi connectivity index (χ0) is 14.5. The van der Waals surface area contributed by atoms with Gasteiger partial charge in [-0.3, -0.25) is 10.1 Å². The first-order valence-corrected chi connectivity index (χ1v) is 7.74. The molecular weight excluding hydrogens is 260 g/mol. The normalized spacial score (nSPS) is 11.4. The van der Waals surface area contributed by atoms with Gasteiger partial charge in [0.15, 0.2) is 0 Å². The second-order valence-electron chi connectivity index (χ2n) is 4.73. The summed E-state index contributed by atoms with van der Waals surface area (Å²) in [6.07, 6.45) is 4.17. The molecule has 0 bridgehead atoms. The largest absolute Gasteiger partial charge is 0.378 e. The van der Waals surface area contributed by atoms with Gasteiger partial charge in [-0.15, -0.1) is 0 Å². The van der Waals surface area contributed by atoms with Crippen LogP contribution in [-0.4, -0.2) is 22.5 Å². The summed E-state index contributed by atoms with van der Waals surface area (Å²) in [6, 6.07) is 5.18. The van der Waals surface area contributed by atoms with Crippen LogP contribution in [0.15, 0.2) is 18.2 Å². The zero-order valence-corrected chi connectivity index (χ0v) is 12.8. The summed E-state index contributed by atoms with van der Waals surface area (Å²) >= 11 is 1.82. The lowest BCUT2D eigenvalue weighted by Gasteiger charge is -2.30. The molecule has 0 aliphatic carbocycles. The van der Waals surface area contributed by atoms with Gasteiger partial charge in [-0.05, 0) is 37.7 Å². The summed E-state index contributed by atoms with van der Waals surface area (Å²) < 4.78 is 0.137. The van der Waals surface area contributed by atoms with Crippen LogP contribution < -0.4 is 5.32 Å². The fraction of sp³-hybridized carbons (Fsp3) is 0.571. The minimum atomic E-state index is -0.333. The molecule has 1 N–H and O–H groups in total. The monoisotopic (exact) mass is 282 g/mol. The van der Waals surface area contributed by atoms with E-state index in [2.05, 4.69) is 25.4 Å². The van der Waals surface area contributed by atoms with Gasteiger partial charge < -0.3 is 5.32 Å². The van der Waals surface area contributed by atoms with Crippen molar-refractivity contribution in [3.8, 4) is 0 Å². The van der Waals surface area contributed by atoms with E-state index < -0.39 is 0 Å². The van der Waals surface area contributed by atoms with Gasteiger partial charge in [0.05, 0.1) is 4.92 Å². The molecule has 0 amide bonds. The SMILES string of the molecule is CCC(CC)(CNc1cc(C)ccc1[N+](=O)[O-])SC. The molecule has 0 saturated carbocycles. The zero-order valence-electron chi connectivity index (χ0n) is 12.0. The second kappa shape index (κ2) is 6.80. The molecule has 0 saturated heterocycles. The fourth-order valence-corrected chi connectivity index (χ4v) is 2.86. The first-order chi connectivity index (χ1) is 8.98. The average molecular weight is 282 g/mol. The summed E-state index contributed by atoms with van der Waals surface area (Å²) in [7, 11) is 0. The third-order valence-electron chi connectivity index (χ3n) is 3.67. The van der Waals surface area contributed by atoms with E-state index in [0.717, 1.165) is 24.9 Å². The van der Waals surface area contributed by atoms with Gasteiger partial charge in [-0.25, -0.2) is 0 Å². The molecular formula is C14H22N2O2S. The Hall–Kier alpha value is -1.23. The topological polar surface area (TPSA) is 55.2 Å². The number of benzene rings is 1. The summed E-state index contributed by atoms with van der Waals surface area (Å²) in [5.41, 5.74) is 1.79. The fourth-order valence-electron chi connectivity index (χ4n) is 2.07. The van der Waals surface area contributed by atoms with E-state index in [4.69, 9.17) is 0 Å². The summed E-state index contributed by atoms with van der Waals surface area (Å²) in [5.74, 6) is 0. The Labute approximate surface area is 119 Å². The van der Waals surface area contributed by atoms with E-state index in [9.17, 15) is 10.1 Å². The van der Waals surface area contributed by atoms with E-state index in [1.807, 2.05) is 24.8 Å². The third kappa shape index (κ3) is 3.86. The Bertz CT molecular complexity index is 437. The number of hydrogen-bond donors (Lipinski definition) is 1. The maximum atomic E-state index is 11.0. The average Bonchev–Trinajstić information content (AvgIpc) is 2.40. The molecule has 0 aliphatic heterocycles. The quantitative estimate of drug-likeness (QED) is 0.600. The molecule has 0 radical (unpaired) electrons. The van der Waals surface area contributed by atoms with Gasteiger partial charge in [0.25, 0.3) is 5.69 Å². The van der Waals surface area contributed by atoms with E-state index in [0.29, 0.717) is 5.69 Å². The van der Waals surface area contributed by atoms with Crippen LogP contribution in [0, 0.1) is 17.0 Å². The highest BCUT2D eigenvalue weighted by atomic mass is 32.2. The lowest BCUT2D eigenvalue weighted by atomic mass is 10.0. The highest BCUT2D eigenvalue weighted by Crippen LogP contribution is 2.32. The van der Waals surface area contributed by atoms with Gasteiger partial charge in [0, 0.05) is 17.4 Å². The standard InChI is InChI=1S/C14H22N2O2S/c1-5-14(6-2,19-4)10-15-12-9-11(3)7-8-13(12)16(17)18/h7-9,15H,5-6,10H2,1-4H3. The Morgan fingerprint density at radius 1 is 1.37 bits per heavy atom. The summed E-state index contributed by atoms with van der Waals surface area (Å²) in [5, 5.41) is 14.3. The van der Waals surface area contributed by atoms with Crippen molar-refractivity contribution in [1.82, 2.24) is 0 Å². The van der Waals surface area contributed by atoms with Crippen LogP contribution in [0.25, 0.3) is 0 Å². The number of rotatable bonds is 7. The highest BCUT2D eigenvalue weighted by Gasteiger charge is 2.25.